The van der Waals surface area contributed by atoms with Crippen molar-refractivity contribution in [1.82, 2.24) is 5.32 Å². The largest absolute Gasteiger partial charge is 0.405 e. The van der Waals surface area contributed by atoms with Crippen molar-refractivity contribution in [2.75, 3.05) is 33.9 Å². The predicted molar refractivity (Wildman–Crippen MR) is 50.7 cm³/mol. The van der Waals surface area contributed by atoms with E-state index in [2.05, 4.69) is 5.32 Å². The van der Waals surface area contributed by atoms with E-state index in [4.69, 9.17) is 14.7 Å². The monoisotopic (exact) mass is 240 g/mol. The van der Waals surface area contributed by atoms with Crippen molar-refractivity contribution in [1.29, 1.82) is 5.26 Å². The molecule has 0 amide bonds. The lowest BCUT2D eigenvalue weighted by atomic mass is 10.1. The Labute approximate surface area is 92.3 Å². The average molecular weight is 240 g/mol. The van der Waals surface area contributed by atoms with Gasteiger partial charge >= 0.3 is 6.18 Å². The third kappa shape index (κ3) is 5.90. The van der Waals surface area contributed by atoms with Crippen LogP contribution in [0.3, 0.4) is 0 Å². The van der Waals surface area contributed by atoms with Crippen LogP contribution in [0.1, 0.15) is 0 Å². The molecule has 0 aromatic rings. The van der Waals surface area contributed by atoms with E-state index in [1.54, 1.807) is 0 Å². The number of methoxy groups -OCH3 is 2. The number of alkyl halides is 3. The zero-order valence-electron chi connectivity index (χ0n) is 9.17. The van der Waals surface area contributed by atoms with Gasteiger partial charge in [0, 0.05) is 27.3 Å². The van der Waals surface area contributed by atoms with Gasteiger partial charge in [0.15, 0.2) is 5.92 Å². The molecule has 2 atom stereocenters. The lowest BCUT2D eigenvalue weighted by molar-refractivity contribution is -0.157. The molecule has 0 spiro atoms. The molecule has 0 saturated heterocycles. The molecule has 0 rings (SSSR count). The Bertz CT molecular complexity index is 228. The third-order valence-electron chi connectivity index (χ3n) is 1.96. The molecule has 0 fully saturated rings. The molecule has 16 heavy (non-hydrogen) atoms. The Morgan fingerprint density at radius 2 is 1.94 bits per heavy atom. The highest BCUT2D eigenvalue weighted by molar-refractivity contribution is 4.90. The Hall–Kier alpha value is -0.840. The Kier molecular flexibility index (Phi) is 7.05. The fraction of sp³-hybridized carbons (Fsp3) is 0.889. The van der Waals surface area contributed by atoms with Crippen LogP contribution in [0.5, 0.6) is 0 Å². The van der Waals surface area contributed by atoms with E-state index in [0.29, 0.717) is 0 Å². The van der Waals surface area contributed by atoms with Crippen LogP contribution in [0, 0.1) is 17.2 Å². The first kappa shape index (κ1) is 15.2. The summed E-state index contributed by atoms with van der Waals surface area (Å²) in [6.07, 6.45) is -4.82. The summed E-state index contributed by atoms with van der Waals surface area (Å²) in [6.45, 7) is 0.0505. The molecule has 7 heteroatoms. The Balaban J connectivity index is 3.91. The van der Waals surface area contributed by atoms with E-state index >= 15 is 0 Å². The van der Waals surface area contributed by atoms with Crippen molar-refractivity contribution in [3.8, 4) is 6.07 Å². The van der Waals surface area contributed by atoms with E-state index in [9.17, 15) is 13.2 Å². The minimum Gasteiger partial charge on any atom is -0.382 e. The smallest absolute Gasteiger partial charge is 0.382 e. The maximum Gasteiger partial charge on any atom is 0.405 e. The standard InChI is InChI=1S/C9H15F3N2O2/c1-15-6-8(16-2)5-14-4-7(3-13)9(10,11)12/h7-8,14H,4-6H2,1-2H3. The van der Waals surface area contributed by atoms with Crippen molar-refractivity contribution < 1.29 is 22.6 Å². The molecule has 0 radical (unpaired) electrons. The fourth-order valence-electron chi connectivity index (χ4n) is 1.02. The first-order valence-corrected chi connectivity index (χ1v) is 4.64. The van der Waals surface area contributed by atoms with Gasteiger partial charge in [-0.1, -0.05) is 0 Å². The number of rotatable bonds is 7. The molecule has 0 aromatic carbocycles. The van der Waals surface area contributed by atoms with Crippen molar-refractivity contribution in [3.05, 3.63) is 0 Å². The second-order valence-corrected chi connectivity index (χ2v) is 3.19. The Morgan fingerprint density at radius 3 is 2.31 bits per heavy atom. The second kappa shape index (κ2) is 7.44. The highest BCUT2D eigenvalue weighted by Crippen LogP contribution is 2.24. The van der Waals surface area contributed by atoms with E-state index in [-0.39, 0.29) is 19.3 Å². The summed E-state index contributed by atoms with van der Waals surface area (Å²) in [5, 5.41) is 10.9. The van der Waals surface area contributed by atoms with Crippen LogP contribution in [0.25, 0.3) is 0 Å². The molecule has 94 valence electrons. The van der Waals surface area contributed by atoms with Crippen molar-refractivity contribution in [2.24, 2.45) is 5.92 Å². The molecule has 1 N–H and O–H groups in total. The third-order valence-corrected chi connectivity index (χ3v) is 1.96. The maximum absolute atomic E-state index is 12.2. The molecule has 0 aliphatic rings. The van der Waals surface area contributed by atoms with E-state index in [0.717, 1.165) is 0 Å². The molecule has 0 saturated carbocycles. The van der Waals surface area contributed by atoms with Gasteiger partial charge in [0.2, 0.25) is 0 Å². The summed E-state index contributed by atoms with van der Waals surface area (Å²) in [5.74, 6) is -1.99. The van der Waals surface area contributed by atoms with Crippen LogP contribution in [-0.2, 0) is 9.47 Å². The molecule has 0 heterocycles. The quantitative estimate of drug-likeness (QED) is 0.719. The van der Waals surface area contributed by atoms with Crippen molar-refractivity contribution in [2.45, 2.75) is 12.3 Å². The average Bonchev–Trinajstić information content (AvgIpc) is 2.20. The normalized spacial score (nSPS) is 15.5. The first-order chi connectivity index (χ1) is 7.45. The van der Waals surface area contributed by atoms with Gasteiger partial charge in [-0.05, 0) is 0 Å². The molecule has 4 nitrogen and oxygen atoms in total. The zero-order valence-corrected chi connectivity index (χ0v) is 9.17. The van der Waals surface area contributed by atoms with E-state index in [1.165, 1.54) is 20.3 Å². The number of nitriles is 1. The first-order valence-electron chi connectivity index (χ1n) is 4.64. The topological polar surface area (TPSA) is 54.3 Å². The molecule has 0 bridgehead atoms. The van der Waals surface area contributed by atoms with Crippen LogP contribution in [0.2, 0.25) is 0 Å². The summed E-state index contributed by atoms with van der Waals surface area (Å²) < 4.78 is 46.2. The number of ether oxygens (including phenoxy) is 2. The Morgan fingerprint density at radius 1 is 1.31 bits per heavy atom. The van der Waals surface area contributed by atoms with Crippen LogP contribution in [0.4, 0.5) is 13.2 Å². The number of nitrogens with one attached hydrogen (secondary N) is 1. The summed E-state index contributed by atoms with van der Waals surface area (Å²) in [6, 6.07) is 1.21. The van der Waals surface area contributed by atoms with Crippen LogP contribution in [0.15, 0.2) is 0 Å². The lowest BCUT2D eigenvalue weighted by Gasteiger charge is -2.17. The summed E-state index contributed by atoms with van der Waals surface area (Å²) in [5.41, 5.74) is 0. The fourth-order valence-corrected chi connectivity index (χ4v) is 1.02. The minimum atomic E-state index is -4.49. The van der Waals surface area contributed by atoms with Gasteiger partial charge in [-0.15, -0.1) is 0 Å². The van der Waals surface area contributed by atoms with Crippen LogP contribution >= 0.6 is 0 Å². The predicted octanol–water partition coefficient (Wildman–Crippen LogP) is 0.939. The van der Waals surface area contributed by atoms with Crippen LogP contribution in [-0.4, -0.2) is 46.2 Å². The highest BCUT2D eigenvalue weighted by Gasteiger charge is 2.39. The van der Waals surface area contributed by atoms with Gasteiger partial charge in [-0.2, -0.15) is 18.4 Å². The van der Waals surface area contributed by atoms with Gasteiger partial charge in [0.05, 0.1) is 18.8 Å². The molecule has 0 aromatic heterocycles. The zero-order chi connectivity index (χ0) is 12.6. The lowest BCUT2D eigenvalue weighted by Crippen LogP contribution is -2.38. The van der Waals surface area contributed by atoms with Crippen molar-refractivity contribution >= 4 is 0 Å². The highest BCUT2D eigenvalue weighted by atomic mass is 19.4. The summed E-state index contributed by atoms with van der Waals surface area (Å²) in [7, 11) is 2.91. The summed E-state index contributed by atoms with van der Waals surface area (Å²) >= 11 is 0. The molecular weight excluding hydrogens is 225 g/mol. The van der Waals surface area contributed by atoms with Crippen molar-refractivity contribution in [3.63, 3.8) is 0 Å². The van der Waals surface area contributed by atoms with Gasteiger partial charge in [0.25, 0.3) is 0 Å². The molecule has 0 aliphatic carbocycles. The van der Waals surface area contributed by atoms with Gasteiger partial charge in [-0.3, -0.25) is 0 Å². The van der Waals surface area contributed by atoms with Crippen LogP contribution < -0.4 is 5.32 Å². The van der Waals surface area contributed by atoms with Gasteiger partial charge < -0.3 is 14.8 Å². The molecular formula is C9H15F3N2O2. The number of halogens is 3. The maximum atomic E-state index is 12.2. The number of hydrogen-bond acceptors (Lipinski definition) is 4. The minimum absolute atomic E-state index is 0.207. The number of nitrogens with zero attached hydrogens (tertiary/aromatic N) is 1. The van der Waals surface area contributed by atoms with Gasteiger partial charge in [0.1, 0.15) is 0 Å². The van der Waals surface area contributed by atoms with E-state index in [1.807, 2.05) is 0 Å². The summed E-state index contributed by atoms with van der Waals surface area (Å²) in [4.78, 5) is 0. The SMILES string of the molecule is COCC(CNCC(C#N)C(F)(F)F)OC. The number of hydrogen-bond donors (Lipinski definition) is 1. The second-order valence-electron chi connectivity index (χ2n) is 3.19. The van der Waals surface area contributed by atoms with Gasteiger partial charge in [-0.25, -0.2) is 0 Å². The van der Waals surface area contributed by atoms with E-state index < -0.39 is 18.6 Å². The molecule has 2 unspecified atom stereocenters. The molecule has 0 aliphatic heterocycles.